The zero-order valence-corrected chi connectivity index (χ0v) is 13.0. The molecule has 1 saturated heterocycles. The SMILES string of the molecule is Cc1ccc(C(C)NC(=O)C2CCN(S(N)(=O)=O)CC2)o1. The number of carbonyl (C=O) groups is 1. The van der Waals surface area contributed by atoms with Crippen molar-refractivity contribution >= 4 is 16.1 Å². The second-order valence-corrected chi connectivity index (χ2v) is 6.94. The first-order chi connectivity index (χ1) is 9.77. The molecule has 21 heavy (non-hydrogen) atoms. The number of nitrogens with zero attached hydrogens (tertiary/aromatic N) is 1. The molecule has 1 unspecified atom stereocenters. The molecule has 1 aliphatic heterocycles. The highest BCUT2D eigenvalue weighted by Gasteiger charge is 2.30. The minimum absolute atomic E-state index is 0.0781. The summed E-state index contributed by atoms with van der Waals surface area (Å²) in [5.74, 6) is 1.24. The van der Waals surface area contributed by atoms with E-state index in [2.05, 4.69) is 5.32 Å². The van der Waals surface area contributed by atoms with Gasteiger partial charge in [-0.1, -0.05) is 0 Å². The molecule has 8 heteroatoms. The molecule has 2 rings (SSSR count). The van der Waals surface area contributed by atoms with Crippen LogP contribution in [0.5, 0.6) is 0 Å². The van der Waals surface area contributed by atoms with Crippen molar-refractivity contribution in [3.63, 3.8) is 0 Å². The standard InChI is InChI=1S/C13H21N3O4S/c1-9-3-4-12(20-9)10(2)15-13(17)11-5-7-16(8-6-11)21(14,18)19/h3-4,10-11H,5-8H2,1-2H3,(H,15,17)(H2,14,18,19). The van der Waals surface area contributed by atoms with Gasteiger partial charge in [-0.25, -0.2) is 5.14 Å². The van der Waals surface area contributed by atoms with E-state index in [1.165, 1.54) is 4.31 Å². The maximum Gasteiger partial charge on any atom is 0.276 e. The third-order valence-corrected chi connectivity index (χ3v) is 4.82. The average molecular weight is 315 g/mol. The highest BCUT2D eigenvalue weighted by atomic mass is 32.2. The first-order valence-corrected chi connectivity index (χ1v) is 8.42. The molecule has 3 N–H and O–H groups in total. The summed E-state index contributed by atoms with van der Waals surface area (Å²) in [7, 11) is -3.65. The molecular weight excluding hydrogens is 294 g/mol. The van der Waals surface area contributed by atoms with Gasteiger partial charge in [0.25, 0.3) is 10.2 Å². The Morgan fingerprint density at radius 1 is 1.43 bits per heavy atom. The Morgan fingerprint density at radius 3 is 2.52 bits per heavy atom. The van der Waals surface area contributed by atoms with Crippen LogP contribution in [0.2, 0.25) is 0 Å². The number of carbonyl (C=O) groups excluding carboxylic acids is 1. The van der Waals surface area contributed by atoms with Gasteiger partial charge in [0.1, 0.15) is 11.5 Å². The number of amides is 1. The summed E-state index contributed by atoms with van der Waals surface area (Å²) >= 11 is 0. The summed E-state index contributed by atoms with van der Waals surface area (Å²) in [6, 6.07) is 3.48. The predicted octanol–water partition coefficient (Wildman–Crippen LogP) is 0.681. The Hall–Kier alpha value is -1.38. The minimum Gasteiger partial charge on any atom is -0.464 e. The van der Waals surface area contributed by atoms with Crippen LogP contribution in [-0.4, -0.2) is 31.7 Å². The van der Waals surface area contributed by atoms with Gasteiger partial charge in [-0.3, -0.25) is 4.79 Å². The molecule has 0 saturated carbocycles. The minimum atomic E-state index is -3.65. The largest absolute Gasteiger partial charge is 0.464 e. The van der Waals surface area contributed by atoms with Crippen LogP contribution in [0.1, 0.15) is 37.3 Å². The Labute approximate surface area is 124 Å². The van der Waals surface area contributed by atoms with Crippen LogP contribution in [0.25, 0.3) is 0 Å². The molecule has 1 aliphatic rings. The van der Waals surface area contributed by atoms with Crippen molar-refractivity contribution in [1.29, 1.82) is 0 Å². The third-order valence-electron chi connectivity index (χ3n) is 3.73. The van der Waals surface area contributed by atoms with Crippen molar-refractivity contribution in [1.82, 2.24) is 9.62 Å². The second-order valence-electron chi connectivity index (χ2n) is 5.40. The molecule has 7 nitrogen and oxygen atoms in total. The molecule has 118 valence electrons. The number of piperidine rings is 1. The van der Waals surface area contributed by atoms with Gasteiger partial charge in [-0.2, -0.15) is 12.7 Å². The van der Waals surface area contributed by atoms with E-state index in [9.17, 15) is 13.2 Å². The summed E-state index contributed by atoms with van der Waals surface area (Å²) in [6.45, 7) is 4.27. The quantitative estimate of drug-likeness (QED) is 0.852. The van der Waals surface area contributed by atoms with E-state index in [4.69, 9.17) is 9.56 Å². The summed E-state index contributed by atoms with van der Waals surface area (Å²) in [6.07, 6.45) is 0.957. The summed E-state index contributed by atoms with van der Waals surface area (Å²) < 4.78 is 29.1. The lowest BCUT2D eigenvalue weighted by Crippen LogP contribution is -2.45. The van der Waals surface area contributed by atoms with E-state index in [-0.39, 0.29) is 31.0 Å². The molecule has 1 fully saturated rings. The van der Waals surface area contributed by atoms with Crippen LogP contribution < -0.4 is 10.5 Å². The maximum absolute atomic E-state index is 12.2. The van der Waals surface area contributed by atoms with Crippen molar-refractivity contribution in [2.75, 3.05) is 13.1 Å². The molecular formula is C13H21N3O4S. The fourth-order valence-corrected chi connectivity index (χ4v) is 3.18. The zero-order chi connectivity index (χ0) is 15.6. The van der Waals surface area contributed by atoms with Crippen molar-refractivity contribution in [2.45, 2.75) is 32.7 Å². The van der Waals surface area contributed by atoms with E-state index in [1.807, 2.05) is 26.0 Å². The van der Waals surface area contributed by atoms with E-state index in [0.29, 0.717) is 18.6 Å². The van der Waals surface area contributed by atoms with Gasteiger partial charge in [0.2, 0.25) is 5.91 Å². The summed E-state index contributed by atoms with van der Waals surface area (Å²) in [5.41, 5.74) is 0. The van der Waals surface area contributed by atoms with Crippen LogP contribution in [-0.2, 0) is 15.0 Å². The second kappa shape index (κ2) is 6.17. The third kappa shape index (κ3) is 4.05. The predicted molar refractivity (Wildman–Crippen MR) is 77.4 cm³/mol. The van der Waals surface area contributed by atoms with Crippen LogP contribution in [0.3, 0.4) is 0 Å². The van der Waals surface area contributed by atoms with Crippen molar-refractivity contribution in [3.05, 3.63) is 23.7 Å². The van der Waals surface area contributed by atoms with Gasteiger partial charge in [0.15, 0.2) is 0 Å². The first-order valence-electron chi connectivity index (χ1n) is 6.92. The molecule has 0 aliphatic carbocycles. The number of rotatable bonds is 4. The molecule has 1 aromatic heterocycles. The molecule has 2 heterocycles. The van der Waals surface area contributed by atoms with Gasteiger partial charge < -0.3 is 9.73 Å². The fraction of sp³-hybridized carbons (Fsp3) is 0.615. The fourth-order valence-electron chi connectivity index (χ4n) is 2.46. The van der Waals surface area contributed by atoms with Crippen LogP contribution in [0.15, 0.2) is 16.5 Å². The Bertz CT molecular complexity index is 603. The van der Waals surface area contributed by atoms with Crippen LogP contribution >= 0.6 is 0 Å². The number of furan rings is 1. The molecule has 0 spiro atoms. The lowest BCUT2D eigenvalue weighted by molar-refractivity contribution is -0.126. The molecule has 1 aromatic rings. The summed E-state index contributed by atoms with van der Waals surface area (Å²) in [5, 5.41) is 7.98. The van der Waals surface area contributed by atoms with E-state index in [0.717, 1.165) is 5.76 Å². The molecule has 0 bridgehead atoms. The Balaban J connectivity index is 1.88. The van der Waals surface area contributed by atoms with Crippen molar-refractivity contribution in [2.24, 2.45) is 11.1 Å². The smallest absolute Gasteiger partial charge is 0.276 e. The molecule has 0 aromatic carbocycles. The lowest BCUT2D eigenvalue weighted by Gasteiger charge is -2.29. The van der Waals surface area contributed by atoms with Crippen molar-refractivity contribution in [3.8, 4) is 0 Å². The highest BCUT2D eigenvalue weighted by Crippen LogP contribution is 2.21. The topological polar surface area (TPSA) is 106 Å². The lowest BCUT2D eigenvalue weighted by atomic mass is 9.97. The highest BCUT2D eigenvalue weighted by molar-refractivity contribution is 7.86. The Kier molecular flexibility index (Phi) is 4.70. The molecule has 1 atom stereocenters. The number of hydrogen-bond acceptors (Lipinski definition) is 4. The number of nitrogens with two attached hydrogens (primary N) is 1. The Morgan fingerprint density at radius 2 is 2.05 bits per heavy atom. The monoisotopic (exact) mass is 315 g/mol. The molecule has 0 radical (unpaired) electrons. The van der Waals surface area contributed by atoms with E-state index in [1.54, 1.807) is 0 Å². The van der Waals surface area contributed by atoms with Gasteiger partial charge in [0.05, 0.1) is 6.04 Å². The van der Waals surface area contributed by atoms with Crippen LogP contribution in [0.4, 0.5) is 0 Å². The number of hydrogen-bond donors (Lipinski definition) is 2. The maximum atomic E-state index is 12.2. The van der Waals surface area contributed by atoms with E-state index >= 15 is 0 Å². The first kappa shape index (κ1) is 16.0. The normalized spacial score (nSPS) is 19.4. The molecule has 1 amide bonds. The summed E-state index contributed by atoms with van der Waals surface area (Å²) in [4.78, 5) is 12.2. The van der Waals surface area contributed by atoms with Gasteiger partial charge >= 0.3 is 0 Å². The van der Waals surface area contributed by atoms with Gasteiger partial charge in [-0.15, -0.1) is 0 Å². The van der Waals surface area contributed by atoms with E-state index < -0.39 is 10.2 Å². The van der Waals surface area contributed by atoms with Gasteiger partial charge in [-0.05, 0) is 38.8 Å². The van der Waals surface area contributed by atoms with Gasteiger partial charge in [0, 0.05) is 19.0 Å². The zero-order valence-electron chi connectivity index (χ0n) is 12.2. The van der Waals surface area contributed by atoms with Crippen LogP contribution in [0, 0.1) is 12.8 Å². The number of nitrogens with one attached hydrogen (secondary N) is 1. The average Bonchev–Trinajstić information content (AvgIpc) is 2.84. The van der Waals surface area contributed by atoms with Crippen molar-refractivity contribution < 1.29 is 17.6 Å². The number of aryl methyl sites for hydroxylation is 1.